The van der Waals surface area contributed by atoms with Gasteiger partial charge in [-0.3, -0.25) is 4.79 Å². The summed E-state index contributed by atoms with van der Waals surface area (Å²) in [6.45, 7) is 5.23. The second kappa shape index (κ2) is 42.5. The fourth-order valence-electron chi connectivity index (χ4n) is 5.98. The third-order valence-corrected chi connectivity index (χ3v) is 9.14. The molecule has 4 heteroatoms. The number of esters is 1. The van der Waals surface area contributed by atoms with E-state index in [4.69, 9.17) is 9.47 Å². The Labute approximate surface area is 305 Å². The van der Waals surface area contributed by atoms with Gasteiger partial charge in [-0.2, -0.15) is 0 Å². The van der Waals surface area contributed by atoms with Crippen molar-refractivity contribution in [1.82, 2.24) is 0 Å². The molecule has 0 heterocycles. The first-order valence-corrected chi connectivity index (χ1v) is 21.2. The molecule has 0 fully saturated rings. The van der Waals surface area contributed by atoms with E-state index in [0.29, 0.717) is 19.6 Å². The molecular formula is C45H82O4. The fourth-order valence-corrected chi connectivity index (χ4v) is 5.98. The van der Waals surface area contributed by atoms with E-state index in [1.165, 1.54) is 148 Å². The number of rotatable bonds is 39. The van der Waals surface area contributed by atoms with Crippen LogP contribution in [0.3, 0.4) is 0 Å². The summed E-state index contributed by atoms with van der Waals surface area (Å²) in [6, 6.07) is 0. The monoisotopic (exact) mass is 687 g/mol. The number of hydrogen-bond donors (Lipinski definition) is 1. The molecule has 0 amide bonds. The number of carbonyl (C=O) groups excluding carboxylic acids is 1. The van der Waals surface area contributed by atoms with Crippen LogP contribution in [0.5, 0.6) is 0 Å². The van der Waals surface area contributed by atoms with E-state index >= 15 is 0 Å². The highest BCUT2D eigenvalue weighted by Crippen LogP contribution is 2.14. The molecule has 0 saturated carbocycles. The molecule has 49 heavy (non-hydrogen) atoms. The molecule has 0 spiro atoms. The van der Waals surface area contributed by atoms with Crippen molar-refractivity contribution in [3.63, 3.8) is 0 Å². The van der Waals surface area contributed by atoms with Crippen LogP contribution in [0.4, 0.5) is 0 Å². The topological polar surface area (TPSA) is 55.8 Å². The molecule has 0 aromatic heterocycles. The lowest BCUT2D eigenvalue weighted by Gasteiger charge is -2.16. The van der Waals surface area contributed by atoms with E-state index in [9.17, 15) is 9.90 Å². The molecule has 0 saturated heterocycles. The van der Waals surface area contributed by atoms with Crippen molar-refractivity contribution >= 4 is 5.97 Å². The Bertz CT molecular complexity index is 768. The van der Waals surface area contributed by atoms with Gasteiger partial charge < -0.3 is 14.6 Å². The number of hydrogen-bond acceptors (Lipinski definition) is 4. The zero-order valence-corrected chi connectivity index (χ0v) is 32.7. The maximum Gasteiger partial charge on any atom is 0.306 e. The summed E-state index contributed by atoms with van der Waals surface area (Å²) >= 11 is 0. The summed E-state index contributed by atoms with van der Waals surface area (Å²) in [4.78, 5) is 12.2. The Hall–Kier alpha value is -1.65. The van der Waals surface area contributed by atoms with Crippen molar-refractivity contribution in [2.45, 2.75) is 213 Å². The van der Waals surface area contributed by atoms with E-state index in [1.54, 1.807) is 0 Å². The van der Waals surface area contributed by atoms with E-state index in [2.05, 4.69) is 62.5 Å². The molecule has 0 aromatic carbocycles. The highest BCUT2D eigenvalue weighted by Gasteiger charge is 2.13. The van der Waals surface area contributed by atoms with Gasteiger partial charge in [0.15, 0.2) is 0 Å². The molecule has 286 valence electrons. The lowest BCUT2D eigenvalue weighted by atomic mass is 10.1. The Morgan fingerprint density at radius 2 is 0.918 bits per heavy atom. The summed E-state index contributed by atoms with van der Waals surface area (Å²) in [5, 5.41) is 9.60. The standard InChI is InChI=1S/C45H82O4/c1-3-5-7-9-11-13-15-17-19-21-23-24-26-28-30-32-34-36-38-40-45(47)49-44(42-46)43-48-41-39-37-35-33-31-29-27-25-22-20-18-16-14-12-10-8-6-4-2/h6,8,12,14,17-20,44,46H,3-5,7,9-11,13,15-16,21-43H2,1-2H3/b8-6-,14-12-,19-17-,20-18-. The summed E-state index contributed by atoms with van der Waals surface area (Å²) in [5.41, 5.74) is 0. The molecule has 0 rings (SSSR count). The average molecular weight is 687 g/mol. The molecule has 4 nitrogen and oxygen atoms in total. The third kappa shape index (κ3) is 40.7. The highest BCUT2D eigenvalue weighted by molar-refractivity contribution is 5.69. The second-order valence-electron chi connectivity index (χ2n) is 14.0. The number of aliphatic hydroxyl groups is 1. The average Bonchev–Trinajstić information content (AvgIpc) is 3.11. The molecule has 1 N–H and O–H groups in total. The van der Waals surface area contributed by atoms with Crippen LogP contribution in [0.1, 0.15) is 206 Å². The molecule has 0 bridgehead atoms. The van der Waals surface area contributed by atoms with Crippen LogP contribution in [-0.4, -0.2) is 37.0 Å². The van der Waals surface area contributed by atoms with Crippen molar-refractivity contribution in [3.05, 3.63) is 48.6 Å². The molecule has 0 radical (unpaired) electrons. The fraction of sp³-hybridized carbons (Fsp3) is 0.800. The number of allylic oxidation sites excluding steroid dienone is 8. The Morgan fingerprint density at radius 3 is 1.41 bits per heavy atom. The van der Waals surface area contributed by atoms with Gasteiger partial charge in [-0.25, -0.2) is 0 Å². The predicted molar refractivity (Wildman–Crippen MR) is 214 cm³/mol. The molecular weight excluding hydrogens is 604 g/mol. The number of ether oxygens (including phenoxy) is 2. The lowest BCUT2D eigenvalue weighted by Crippen LogP contribution is -2.27. The van der Waals surface area contributed by atoms with Crippen LogP contribution in [0.2, 0.25) is 0 Å². The minimum Gasteiger partial charge on any atom is -0.457 e. The normalized spacial score (nSPS) is 12.8. The summed E-state index contributed by atoms with van der Waals surface area (Å²) in [5.74, 6) is -0.206. The van der Waals surface area contributed by atoms with E-state index < -0.39 is 6.10 Å². The molecule has 1 atom stereocenters. The van der Waals surface area contributed by atoms with Crippen molar-refractivity contribution in [2.75, 3.05) is 19.8 Å². The van der Waals surface area contributed by atoms with E-state index in [1.807, 2.05) is 0 Å². The minimum atomic E-state index is -0.539. The SMILES string of the molecule is CC/C=C\C/C=C\C/C=C\CCCCCCCCCCOCC(CO)OC(=O)CCCCCCCCCCC/C=C\CCCCCCCC. The lowest BCUT2D eigenvalue weighted by molar-refractivity contribution is -0.154. The van der Waals surface area contributed by atoms with Gasteiger partial charge in [0.1, 0.15) is 6.10 Å². The van der Waals surface area contributed by atoms with Crippen LogP contribution in [0, 0.1) is 0 Å². The second-order valence-corrected chi connectivity index (χ2v) is 14.0. The van der Waals surface area contributed by atoms with E-state index in [0.717, 1.165) is 38.5 Å². The molecule has 0 aliphatic carbocycles. The first kappa shape index (κ1) is 47.4. The molecule has 0 aliphatic rings. The largest absolute Gasteiger partial charge is 0.457 e. The predicted octanol–water partition coefficient (Wildman–Crippen LogP) is 13.9. The minimum absolute atomic E-state index is 0.176. The smallest absolute Gasteiger partial charge is 0.306 e. The zero-order chi connectivity index (χ0) is 35.6. The summed E-state index contributed by atoms with van der Waals surface area (Å²) in [6.07, 6.45) is 54.5. The number of aliphatic hydroxyl groups excluding tert-OH is 1. The Kier molecular flexibility index (Phi) is 41.1. The number of carbonyl (C=O) groups is 1. The van der Waals surface area contributed by atoms with Crippen LogP contribution in [-0.2, 0) is 14.3 Å². The van der Waals surface area contributed by atoms with Crippen molar-refractivity contribution in [2.24, 2.45) is 0 Å². The van der Waals surface area contributed by atoms with Crippen molar-refractivity contribution in [3.8, 4) is 0 Å². The Morgan fingerprint density at radius 1 is 0.510 bits per heavy atom. The van der Waals surface area contributed by atoms with Gasteiger partial charge in [-0.15, -0.1) is 0 Å². The van der Waals surface area contributed by atoms with Crippen molar-refractivity contribution < 1.29 is 19.4 Å². The van der Waals surface area contributed by atoms with Crippen LogP contribution >= 0.6 is 0 Å². The van der Waals surface area contributed by atoms with Crippen LogP contribution in [0.15, 0.2) is 48.6 Å². The van der Waals surface area contributed by atoms with Gasteiger partial charge in [0.25, 0.3) is 0 Å². The molecule has 0 aliphatic heterocycles. The van der Waals surface area contributed by atoms with Gasteiger partial charge in [-0.05, 0) is 70.6 Å². The molecule has 0 aromatic rings. The van der Waals surface area contributed by atoms with Crippen LogP contribution in [0.25, 0.3) is 0 Å². The maximum absolute atomic E-state index is 12.2. The molecule has 1 unspecified atom stereocenters. The first-order valence-electron chi connectivity index (χ1n) is 21.2. The maximum atomic E-state index is 12.2. The van der Waals surface area contributed by atoms with Gasteiger partial charge in [-0.1, -0.05) is 178 Å². The van der Waals surface area contributed by atoms with Gasteiger partial charge in [0.2, 0.25) is 0 Å². The quantitative estimate of drug-likeness (QED) is 0.0397. The van der Waals surface area contributed by atoms with Gasteiger partial charge in [0.05, 0.1) is 13.2 Å². The van der Waals surface area contributed by atoms with Gasteiger partial charge in [0, 0.05) is 13.0 Å². The Balaban J connectivity index is 3.44. The number of unbranched alkanes of at least 4 members (excludes halogenated alkanes) is 23. The van der Waals surface area contributed by atoms with Crippen LogP contribution < -0.4 is 0 Å². The van der Waals surface area contributed by atoms with E-state index in [-0.39, 0.29) is 12.6 Å². The van der Waals surface area contributed by atoms with Gasteiger partial charge >= 0.3 is 5.97 Å². The zero-order valence-electron chi connectivity index (χ0n) is 32.7. The summed E-state index contributed by atoms with van der Waals surface area (Å²) in [7, 11) is 0. The first-order chi connectivity index (χ1) is 24.2. The highest BCUT2D eigenvalue weighted by atomic mass is 16.6. The van der Waals surface area contributed by atoms with Crippen molar-refractivity contribution in [1.29, 1.82) is 0 Å². The summed E-state index contributed by atoms with van der Waals surface area (Å²) < 4.78 is 11.2. The third-order valence-electron chi connectivity index (χ3n) is 9.14.